The highest BCUT2D eigenvalue weighted by molar-refractivity contribution is 7.13. The Morgan fingerprint density at radius 3 is 2.49 bits per heavy atom. The Morgan fingerprint density at radius 2 is 1.78 bits per heavy atom. The summed E-state index contributed by atoms with van der Waals surface area (Å²) in [5.74, 6) is -1.48. The van der Waals surface area contributed by atoms with Crippen molar-refractivity contribution in [2.45, 2.75) is 51.8 Å². The van der Waals surface area contributed by atoms with Crippen molar-refractivity contribution in [2.24, 2.45) is 0 Å². The quantitative estimate of drug-likeness (QED) is 0.182. The van der Waals surface area contributed by atoms with Gasteiger partial charge >= 0.3 is 12.1 Å². The Kier molecular flexibility index (Phi) is 10.1. The molecule has 13 nitrogen and oxygen atoms in total. The highest BCUT2D eigenvalue weighted by Crippen LogP contribution is 2.43. The molecule has 4 heterocycles. The highest BCUT2D eigenvalue weighted by atomic mass is 32.1. The summed E-state index contributed by atoms with van der Waals surface area (Å²) in [7, 11) is 1.20. The predicted octanol–water partition coefficient (Wildman–Crippen LogP) is 5.09. The van der Waals surface area contributed by atoms with Gasteiger partial charge < -0.3 is 35.5 Å². The second-order valence-electron chi connectivity index (χ2n) is 13.0. The molecule has 0 bridgehead atoms. The van der Waals surface area contributed by atoms with Crippen LogP contribution in [0, 0.1) is 0 Å². The van der Waals surface area contributed by atoms with Gasteiger partial charge in [0.1, 0.15) is 17.0 Å². The van der Waals surface area contributed by atoms with Crippen LogP contribution >= 0.6 is 11.3 Å². The molecule has 264 valence electrons. The van der Waals surface area contributed by atoms with Crippen LogP contribution in [-0.2, 0) is 27.2 Å². The number of aromatic nitrogens is 1. The van der Waals surface area contributed by atoms with Crippen molar-refractivity contribution >= 4 is 46.8 Å². The third kappa shape index (κ3) is 8.18. The van der Waals surface area contributed by atoms with Crippen LogP contribution in [0.1, 0.15) is 69.7 Å². The number of alkyl carbamates (subject to hydrolysis) is 1. The zero-order chi connectivity index (χ0) is 36.3. The predicted molar refractivity (Wildman–Crippen MR) is 190 cm³/mol. The lowest BCUT2D eigenvalue weighted by molar-refractivity contribution is -0.119. The summed E-state index contributed by atoms with van der Waals surface area (Å²) >= 11 is 1.54. The number of nitrogens with one attached hydrogen (secondary N) is 4. The average molecular weight is 712 g/mol. The first-order valence-corrected chi connectivity index (χ1v) is 17.2. The second-order valence-corrected chi connectivity index (χ2v) is 14.0. The fourth-order valence-electron chi connectivity index (χ4n) is 5.74. The molecule has 14 heteroatoms. The van der Waals surface area contributed by atoms with Crippen molar-refractivity contribution in [3.8, 4) is 27.3 Å². The summed E-state index contributed by atoms with van der Waals surface area (Å²) < 4.78 is 16.5. The lowest BCUT2D eigenvalue weighted by Crippen LogP contribution is -2.36. The molecule has 2 aliphatic heterocycles. The first kappa shape index (κ1) is 35.1. The molecule has 6 rings (SSSR count). The molecular formula is C37H37N5O8S. The molecule has 4 N–H and O–H groups in total. The van der Waals surface area contributed by atoms with E-state index in [4.69, 9.17) is 14.2 Å². The van der Waals surface area contributed by atoms with Gasteiger partial charge in [-0.3, -0.25) is 14.4 Å². The number of hydrogen-bond donors (Lipinski definition) is 4. The Labute approximate surface area is 298 Å². The molecule has 0 aliphatic carbocycles. The minimum absolute atomic E-state index is 0.0556. The minimum atomic E-state index is -0.810. The summed E-state index contributed by atoms with van der Waals surface area (Å²) in [6, 6.07) is 15.1. The maximum Gasteiger partial charge on any atom is 0.407 e. The van der Waals surface area contributed by atoms with Gasteiger partial charge in [-0.05, 0) is 79.7 Å². The summed E-state index contributed by atoms with van der Waals surface area (Å²) in [5.41, 5.74) is 3.10. The molecular weight excluding hydrogens is 675 g/mol. The zero-order valence-electron chi connectivity index (χ0n) is 28.5. The Balaban J connectivity index is 1.34. The largest absolute Gasteiger partial charge is 0.493 e. The van der Waals surface area contributed by atoms with E-state index >= 15 is 0 Å². The van der Waals surface area contributed by atoms with Gasteiger partial charge in [0.05, 0.1) is 19.8 Å². The number of amides is 4. The zero-order valence-corrected chi connectivity index (χ0v) is 29.3. The number of methoxy groups -OCH3 is 1. The van der Waals surface area contributed by atoms with Crippen LogP contribution in [0.5, 0.6) is 5.75 Å². The molecule has 2 aromatic heterocycles. The van der Waals surface area contributed by atoms with E-state index in [1.54, 1.807) is 74.6 Å². The molecule has 1 unspecified atom stereocenters. The van der Waals surface area contributed by atoms with E-state index in [0.717, 1.165) is 21.6 Å². The minimum Gasteiger partial charge on any atom is -0.493 e. The van der Waals surface area contributed by atoms with E-state index in [-0.39, 0.29) is 47.9 Å². The lowest BCUT2D eigenvalue weighted by atomic mass is 9.93. The van der Waals surface area contributed by atoms with Crippen molar-refractivity contribution in [1.29, 1.82) is 0 Å². The Hall–Kier alpha value is -5.76. The van der Waals surface area contributed by atoms with Crippen LogP contribution < -0.4 is 26.0 Å². The van der Waals surface area contributed by atoms with E-state index in [0.29, 0.717) is 30.0 Å². The van der Waals surface area contributed by atoms with Crippen molar-refractivity contribution in [2.75, 3.05) is 25.6 Å². The van der Waals surface area contributed by atoms with Crippen LogP contribution in [-0.4, -0.2) is 66.7 Å². The number of fused-ring (bicyclic) bond motifs is 3. The SMILES string of the molecule is COC(=O)c1nc(C(=O)NC2CNC(=O)C2)ccc1-c1cc2c(cc1C(=O)Nc1ccc(CNC(=O)OC(C)(C)C)cc1)-c1sccc1CCO2. The molecule has 1 saturated heterocycles. The number of hydrogen-bond acceptors (Lipinski definition) is 10. The summed E-state index contributed by atoms with van der Waals surface area (Å²) in [6.45, 7) is 6.29. The van der Waals surface area contributed by atoms with Crippen LogP contribution in [0.3, 0.4) is 0 Å². The number of thiophene rings is 1. The smallest absolute Gasteiger partial charge is 0.407 e. The average Bonchev–Trinajstić information content (AvgIpc) is 3.70. The van der Waals surface area contributed by atoms with Crippen molar-refractivity contribution < 1.29 is 38.2 Å². The number of ether oxygens (including phenoxy) is 3. The van der Waals surface area contributed by atoms with Gasteiger partial charge in [0.15, 0.2) is 5.69 Å². The molecule has 4 aromatic rings. The van der Waals surface area contributed by atoms with Crippen molar-refractivity contribution in [3.05, 3.63) is 88.1 Å². The third-order valence-electron chi connectivity index (χ3n) is 8.14. The summed E-state index contributed by atoms with van der Waals surface area (Å²) in [5, 5.41) is 13.1. The lowest BCUT2D eigenvalue weighted by Gasteiger charge is -2.19. The highest BCUT2D eigenvalue weighted by Gasteiger charge is 2.28. The normalized spacial score (nSPS) is 14.9. The summed E-state index contributed by atoms with van der Waals surface area (Å²) in [6.07, 6.45) is 0.282. The van der Waals surface area contributed by atoms with Crippen LogP contribution in [0.2, 0.25) is 0 Å². The maximum absolute atomic E-state index is 14.2. The third-order valence-corrected chi connectivity index (χ3v) is 9.13. The number of nitrogens with zero attached hydrogens (tertiary/aromatic N) is 1. The molecule has 2 aromatic carbocycles. The van der Waals surface area contributed by atoms with Crippen LogP contribution in [0.15, 0.2) is 60.0 Å². The standard InChI is InChI=1S/C37H37N5O8S/c1-37(2,3)50-36(47)39-18-20-5-7-22(8-6-20)40-33(44)26-16-27-29(49-13-11-21-12-14-51-32(21)27)17-25(26)24-9-10-28(42-31(24)35(46)48-4)34(45)41-23-15-30(43)38-19-23/h5-10,12,14,16-17,23H,11,13,15,18-19H2,1-4H3,(H,38,43)(H,39,47)(H,40,44)(H,41,45). The monoisotopic (exact) mass is 711 g/mol. The van der Waals surface area contributed by atoms with Gasteiger partial charge in [-0.15, -0.1) is 11.3 Å². The molecule has 0 spiro atoms. The second kappa shape index (κ2) is 14.6. The first-order chi connectivity index (χ1) is 24.4. The molecule has 1 atom stereocenters. The van der Waals surface area contributed by atoms with Gasteiger partial charge in [-0.1, -0.05) is 12.1 Å². The van der Waals surface area contributed by atoms with E-state index in [1.807, 2.05) is 11.4 Å². The number of anilines is 1. The Morgan fingerprint density at radius 1 is 1.00 bits per heavy atom. The number of esters is 1. The Bertz CT molecular complexity index is 2020. The number of carbonyl (C=O) groups excluding carboxylic acids is 5. The van der Waals surface area contributed by atoms with Crippen LogP contribution in [0.4, 0.5) is 10.5 Å². The van der Waals surface area contributed by atoms with Crippen molar-refractivity contribution in [1.82, 2.24) is 20.9 Å². The number of rotatable bonds is 8. The first-order valence-electron chi connectivity index (χ1n) is 16.3. The molecule has 51 heavy (non-hydrogen) atoms. The van der Waals surface area contributed by atoms with Gasteiger partial charge in [0.2, 0.25) is 5.91 Å². The van der Waals surface area contributed by atoms with Gasteiger partial charge in [-0.25, -0.2) is 14.6 Å². The number of carbonyl (C=O) groups is 5. The number of benzene rings is 2. The van der Waals surface area contributed by atoms with Crippen molar-refractivity contribution in [3.63, 3.8) is 0 Å². The van der Waals surface area contributed by atoms with E-state index in [9.17, 15) is 24.0 Å². The maximum atomic E-state index is 14.2. The fourth-order valence-corrected chi connectivity index (χ4v) is 6.72. The summed E-state index contributed by atoms with van der Waals surface area (Å²) in [4.78, 5) is 69.5. The van der Waals surface area contributed by atoms with E-state index in [2.05, 4.69) is 26.3 Å². The molecule has 2 aliphatic rings. The van der Waals surface area contributed by atoms with Gasteiger partial charge in [-0.2, -0.15) is 0 Å². The van der Waals surface area contributed by atoms with E-state index in [1.165, 1.54) is 13.2 Å². The topological polar surface area (TPSA) is 174 Å². The molecule has 4 amide bonds. The molecule has 1 fully saturated rings. The molecule has 0 saturated carbocycles. The van der Waals surface area contributed by atoms with E-state index < -0.39 is 35.5 Å². The van der Waals surface area contributed by atoms with Gasteiger partial charge in [0.25, 0.3) is 11.8 Å². The number of pyridine rings is 1. The fraction of sp³-hybridized carbons (Fsp3) is 0.297. The van der Waals surface area contributed by atoms with Gasteiger partial charge in [0, 0.05) is 58.7 Å². The molecule has 0 radical (unpaired) electrons. The van der Waals surface area contributed by atoms with Crippen LogP contribution in [0.25, 0.3) is 21.6 Å².